The average Bonchev–Trinajstić information content (AvgIpc) is 2.26. The smallest absolute Gasteiger partial charge is 0.191 e. The molecule has 1 fully saturated rings. The molecule has 14 heavy (non-hydrogen) atoms. The van der Waals surface area contributed by atoms with Crippen LogP contribution in [-0.2, 0) is 4.74 Å². The van der Waals surface area contributed by atoms with Gasteiger partial charge in [0.2, 0.25) is 0 Å². The van der Waals surface area contributed by atoms with Gasteiger partial charge in [0.15, 0.2) is 5.96 Å². The summed E-state index contributed by atoms with van der Waals surface area (Å²) in [5.74, 6) is 0.696. The second kappa shape index (κ2) is 5.86. The minimum atomic E-state index is 0.408. The third-order valence-corrected chi connectivity index (χ3v) is 2.60. The van der Waals surface area contributed by atoms with Gasteiger partial charge in [-0.25, -0.2) is 0 Å². The van der Waals surface area contributed by atoms with Gasteiger partial charge in [0.05, 0.1) is 6.10 Å². The van der Waals surface area contributed by atoms with Crippen molar-refractivity contribution in [2.75, 3.05) is 26.7 Å². The number of guanidine groups is 1. The fourth-order valence-corrected chi connectivity index (χ4v) is 1.65. The van der Waals surface area contributed by atoms with Crippen molar-refractivity contribution in [3.05, 3.63) is 0 Å². The van der Waals surface area contributed by atoms with Gasteiger partial charge >= 0.3 is 0 Å². The molecule has 82 valence electrons. The largest absolute Gasteiger partial charge is 0.381 e. The summed E-state index contributed by atoms with van der Waals surface area (Å²) in [5.41, 5.74) is 5.86. The monoisotopic (exact) mass is 199 g/mol. The molecule has 1 aliphatic heterocycles. The molecule has 4 heteroatoms. The van der Waals surface area contributed by atoms with Crippen LogP contribution in [0.3, 0.4) is 0 Å². The Labute approximate surface area is 86.1 Å². The van der Waals surface area contributed by atoms with Crippen molar-refractivity contribution in [1.29, 1.82) is 0 Å². The molecule has 0 aromatic rings. The first-order valence-corrected chi connectivity index (χ1v) is 5.35. The van der Waals surface area contributed by atoms with E-state index in [1.54, 1.807) is 7.11 Å². The number of hydrogen-bond acceptors (Lipinski definition) is 2. The molecule has 0 atom stereocenters. The van der Waals surface area contributed by atoms with E-state index in [1.807, 2.05) is 0 Å². The highest BCUT2D eigenvalue weighted by molar-refractivity contribution is 5.78. The number of hydrogen-bond donors (Lipinski definition) is 1. The molecule has 0 aliphatic carbocycles. The lowest BCUT2D eigenvalue weighted by atomic mass is 10.1. The van der Waals surface area contributed by atoms with Crippen molar-refractivity contribution in [2.45, 2.75) is 32.3 Å². The van der Waals surface area contributed by atoms with E-state index in [2.05, 4.69) is 16.8 Å². The first kappa shape index (κ1) is 11.3. The second-order valence-electron chi connectivity index (χ2n) is 3.66. The number of aliphatic imine (C=N–C) groups is 1. The number of piperidine rings is 1. The predicted molar refractivity (Wildman–Crippen MR) is 58.4 cm³/mol. The van der Waals surface area contributed by atoms with Crippen molar-refractivity contribution < 1.29 is 4.74 Å². The molecule has 2 N–H and O–H groups in total. The van der Waals surface area contributed by atoms with Crippen LogP contribution < -0.4 is 5.73 Å². The van der Waals surface area contributed by atoms with E-state index >= 15 is 0 Å². The Kier molecular flexibility index (Phi) is 4.73. The maximum absolute atomic E-state index is 5.86. The van der Waals surface area contributed by atoms with E-state index in [9.17, 15) is 0 Å². The SMILES string of the molecule is CCCN=C(N)N1CCC(OC)CC1. The normalized spacial score (nSPS) is 20.1. The molecule has 1 heterocycles. The van der Waals surface area contributed by atoms with Gasteiger partial charge in [0.25, 0.3) is 0 Å². The summed E-state index contributed by atoms with van der Waals surface area (Å²) in [6.07, 6.45) is 3.57. The van der Waals surface area contributed by atoms with Crippen LogP contribution in [0.1, 0.15) is 26.2 Å². The van der Waals surface area contributed by atoms with E-state index in [0.717, 1.165) is 38.9 Å². The Morgan fingerprint density at radius 1 is 1.50 bits per heavy atom. The molecule has 0 spiro atoms. The lowest BCUT2D eigenvalue weighted by molar-refractivity contribution is 0.0575. The van der Waals surface area contributed by atoms with Crippen LogP contribution in [0.2, 0.25) is 0 Å². The zero-order valence-electron chi connectivity index (χ0n) is 9.20. The van der Waals surface area contributed by atoms with Gasteiger partial charge in [-0.1, -0.05) is 6.92 Å². The van der Waals surface area contributed by atoms with E-state index in [4.69, 9.17) is 10.5 Å². The molecule has 4 nitrogen and oxygen atoms in total. The number of nitrogens with zero attached hydrogens (tertiary/aromatic N) is 2. The summed E-state index contributed by atoms with van der Waals surface area (Å²) in [6.45, 7) is 4.87. The number of ether oxygens (including phenoxy) is 1. The maximum atomic E-state index is 5.86. The molecule has 0 aromatic carbocycles. The van der Waals surface area contributed by atoms with E-state index in [-0.39, 0.29) is 0 Å². The highest BCUT2D eigenvalue weighted by Gasteiger charge is 2.19. The zero-order chi connectivity index (χ0) is 10.4. The molecule has 0 unspecified atom stereocenters. The van der Waals surface area contributed by atoms with Crippen LogP contribution >= 0.6 is 0 Å². The fraction of sp³-hybridized carbons (Fsp3) is 0.900. The van der Waals surface area contributed by atoms with Crippen LogP contribution in [0.4, 0.5) is 0 Å². The van der Waals surface area contributed by atoms with Crippen molar-refractivity contribution in [3.63, 3.8) is 0 Å². The summed E-state index contributed by atoms with van der Waals surface area (Å²) < 4.78 is 5.29. The number of nitrogens with two attached hydrogens (primary N) is 1. The lowest BCUT2D eigenvalue weighted by Crippen LogP contribution is -2.44. The fourth-order valence-electron chi connectivity index (χ4n) is 1.65. The Morgan fingerprint density at radius 3 is 2.64 bits per heavy atom. The van der Waals surface area contributed by atoms with Gasteiger partial charge in [-0.05, 0) is 19.3 Å². The van der Waals surface area contributed by atoms with Crippen LogP contribution in [0, 0.1) is 0 Å². The number of likely N-dealkylation sites (tertiary alicyclic amines) is 1. The first-order chi connectivity index (χ1) is 6.77. The first-order valence-electron chi connectivity index (χ1n) is 5.35. The minimum Gasteiger partial charge on any atom is -0.381 e. The van der Waals surface area contributed by atoms with Crippen LogP contribution in [0.5, 0.6) is 0 Å². The third kappa shape index (κ3) is 3.18. The van der Waals surface area contributed by atoms with Crippen molar-refractivity contribution in [3.8, 4) is 0 Å². The molecular formula is C10H21N3O. The highest BCUT2D eigenvalue weighted by Crippen LogP contribution is 2.12. The molecule has 1 aliphatic rings. The van der Waals surface area contributed by atoms with Crippen LogP contribution in [0.25, 0.3) is 0 Å². The molecule has 0 amide bonds. The standard InChI is InChI=1S/C10H21N3O/c1-3-6-12-10(11)13-7-4-9(14-2)5-8-13/h9H,3-8H2,1-2H3,(H2,11,12). The summed E-state index contributed by atoms with van der Waals surface area (Å²) in [6, 6.07) is 0. The predicted octanol–water partition coefficient (Wildman–Crippen LogP) is 0.822. The van der Waals surface area contributed by atoms with Gasteiger partial charge in [0, 0.05) is 26.7 Å². The highest BCUT2D eigenvalue weighted by atomic mass is 16.5. The molecule has 0 aromatic heterocycles. The summed E-state index contributed by atoms with van der Waals surface area (Å²) in [5, 5.41) is 0. The van der Waals surface area contributed by atoms with Gasteiger partial charge in [0.1, 0.15) is 0 Å². The van der Waals surface area contributed by atoms with Crippen molar-refractivity contribution in [1.82, 2.24) is 4.90 Å². The Balaban J connectivity index is 2.33. The quantitative estimate of drug-likeness (QED) is 0.541. The number of methoxy groups -OCH3 is 1. The molecular weight excluding hydrogens is 178 g/mol. The topological polar surface area (TPSA) is 50.8 Å². The van der Waals surface area contributed by atoms with E-state index < -0.39 is 0 Å². The molecule has 0 bridgehead atoms. The summed E-state index contributed by atoms with van der Waals surface area (Å²) in [4.78, 5) is 6.44. The van der Waals surface area contributed by atoms with Gasteiger partial charge < -0.3 is 15.4 Å². The van der Waals surface area contributed by atoms with Crippen molar-refractivity contribution in [2.24, 2.45) is 10.7 Å². The summed E-state index contributed by atoms with van der Waals surface area (Å²) >= 11 is 0. The van der Waals surface area contributed by atoms with Gasteiger partial charge in [-0.15, -0.1) is 0 Å². The van der Waals surface area contributed by atoms with Crippen LogP contribution in [0.15, 0.2) is 4.99 Å². The Hall–Kier alpha value is -0.770. The molecule has 1 saturated heterocycles. The average molecular weight is 199 g/mol. The third-order valence-electron chi connectivity index (χ3n) is 2.60. The Morgan fingerprint density at radius 2 is 2.14 bits per heavy atom. The molecule has 0 radical (unpaired) electrons. The zero-order valence-corrected chi connectivity index (χ0v) is 9.20. The minimum absolute atomic E-state index is 0.408. The molecule has 0 saturated carbocycles. The van der Waals surface area contributed by atoms with Gasteiger partial charge in [-0.2, -0.15) is 0 Å². The second-order valence-corrected chi connectivity index (χ2v) is 3.66. The summed E-state index contributed by atoms with van der Waals surface area (Å²) in [7, 11) is 1.77. The lowest BCUT2D eigenvalue weighted by Gasteiger charge is -2.31. The maximum Gasteiger partial charge on any atom is 0.191 e. The van der Waals surface area contributed by atoms with E-state index in [1.165, 1.54) is 0 Å². The van der Waals surface area contributed by atoms with Gasteiger partial charge in [-0.3, -0.25) is 4.99 Å². The molecule has 1 rings (SSSR count). The van der Waals surface area contributed by atoms with E-state index in [0.29, 0.717) is 12.1 Å². The Bertz CT molecular complexity index is 186. The van der Waals surface area contributed by atoms with Crippen molar-refractivity contribution >= 4 is 5.96 Å². The van der Waals surface area contributed by atoms with Crippen LogP contribution in [-0.4, -0.2) is 43.7 Å². The number of rotatable bonds is 3.